The molecule has 3 heteroatoms. The Hall–Kier alpha value is -1.06. The molecule has 1 N–H and O–H groups in total. The van der Waals surface area contributed by atoms with E-state index in [0.29, 0.717) is 12.6 Å². The van der Waals surface area contributed by atoms with Gasteiger partial charge in [0.2, 0.25) is 0 Å². The summed E-state index contributed by atoms with van der Waals surface area (Å²) in [5.41, 5.74) is 1.24. The Morgan fingerprint density at radius 3 is 2.76 bits per heavy atom. The average Bonchev–Trinajstić information content (AvgIpc) is 2.40. The maximum Gasteiger partial charge on any atom is 0.119 e. The van der Waals surface area contributed by atoms with Crippen LogP contribution < -0.4 is 10.1 Å². The van der Waals surface area contributed by atoms with Gasteiger partial charge in [0.15, 0.2) is 0 Å². The number of benzene rings is 1. The van der Waals surface area contributed by atoms with E-state index in [1.54, 1.807) is 0 Å². The predicted molar refractivity (Wildman–Crippen MR) is 68.4 cm³/mol. The van der Waals surface area contributed by atoms with Crippen molar-refractivity contribution in [1.29, 1.82) is 0 Å². The van der Waals surface area contributed by atoms with E-state index in [9.17, 15) is 0 Å². The molecule has 1 fully saturated rings. The van der Waals surface area contributed by atoms with Crippen LogP contribution in [0.15, 0.2) is 24.3 Å². The van der Waals surface area contributed by atoms with E-state index in [0.717, 1.165) is 25.2 Å². The van der Waals surface area contributed by atoms with E-state index in [-0.39, 0.29) is 6.10 Å². The van der Waals surface area contributed by atoms with Crippen molar-refractivity contribution in [2.75, 3.05) is 20.3 Å². The summed E-state index contributed by atoms with van der Waals surface area (Å²) in [4.78, 5) is 0. The molecule has 1 aliphatic heterocycles. The lowest BCUT2D eigenvalue weighted by Crippen LogP contribution is -2.33. The molecule has 0 bridgehead atoms. The van der Waals surface area contributed by atoms with Gasteiger partial charge in [-0.1, -0.05) is 12.1 Å². The van der Waals surface area contributed by atoms with Gasteiger partial charge in [-0.2, -0.15) is 0 Å². The molecule has 1 aromatic rings. The molecule has 94 valence electrons. The van der Waals surface area contributed by atoms with Crippen LogP contribution in [0.3, 0.4) is 0 Å². The highest BCUT2D eigenvalue weighted by molar-refractivity contribution is 5.28. The molecule has 2 rings (SSSR count). The van der Waals surface area contributed by atoms with Crippen LogP contribution in [0.5, 0.6) is 5.75 Å². The summed E-state index contributed by atoms with van der Waals surface area (Å²) in [6, 6.07) is 8.82. The highest BCUT2D eigenvalue weighted by Gasteiger charge is 2.22. The van der Waals surface area contributed by atoms with Crippen molar-refractivity contribution in [3.8, 4) is 5.75 Å². The Labute approximate surface area is 103 Å². The normalized spacial score (nSPS) is 24.6. The van der Waals surface area contributed by atoms with Crippen LogP contribution in [-0.4, -0.2) is 26.3 Å². The molecule has 0 amide bonds. The van der Waals surface area contributed by atoms with Crippen LogP contribution >= 0.6 is 0 Å². The SMILES string of the molecule is CCOc1ccc(C2CC(NC)CCO2)cc1. The lowest BCUT2D eigenvalue weighted by Gasteiger charge is -2.29. The van der Waals surface area contributed by atoms with E-state index in [4.69, 9.17) is 9.47 Å². The molecule has 0 radical (unpaired) electrons. The van der Waals surface area contributed by atoms with Crippen LogP contribution in [0.1, 0.15) is 31.4 Å². The van der Waals surface area contributed by atoms with Gasteiger partial charge in [-0.05, 0) is 44.5 Å². The van der Waals surface area contributed by atoms with E-state index >= 15 is 0 Å². The minimum absolute atomic E-state index is 0.219. The number of nitrogens with one attached hydrogen (secondary N) is 1. The zero-order chi connectivity index (χ0) is 12.1. The number of ether oxygens (including phenoxy) is 2. The summed E-state index contributed by atoms with van der Waals surface area (Å²) in [7, 11) is 2.02. The van der Waals surface area contributed by atoms with E-state index in [2.05, 4.69) is 17.4 Å². The second-order valence-electron chi connectivity index (χ2n) is 4.37. The maximum absolute atomic E-state index is 5.82. The van der Waals surface area contributed by atoms with Crippen LogP contribution in [-0.2, 0) is 4.74 Å². The minimum Gasteiger partial charge on any atom is -0.494 e. The Balaban J connectivity index is 2.01. The zero-order valence-electron chi connectivity index (χ0n) is 10.6. The van der Waals surface area contributed by atoms with Crippen molar-refractivity contribution in [2.24, 2.45) is 0 Å². The zero-order valence-corrected chi connectivity index (χ0v) is 10.6. The average molecular weight is 235 g/mol. The highest BCUT2D eigenvalue weighted by atomic mass is 16.5. The number of hydrogen-bond donors (Lipinski definition) is 1. The summed E-state index contributed by atoms with van der Waals surface area (Å²) in [5, 5.41) is 3.33. The molecule has 17 heavy (non-hydrogen) atoms. The van der Waals surface area contributed by atoms with Crippen molar-refractivity contribution < 1.29 is 9.47 Å². The highest BCUT2D eigenvalue weighted by Crippen LogP contribution is 2.29. The molecule has 0 saturated carbocycles. The van der Waals surface area contributed by atoms with Crippen molar-refractivity contribution >= 4 is 0 Å². The predicted octanol–water partition coefficient (Wildman–Crippen LogP) is 2.52. The number of hydrogen-bond acceptors (Lipinski definition) is 3. The van der Waals surface area contributed by atoms with E-state index in [1.165, 1.54) is 5.56 Å². The Kier molecular flexibility index (Phi) is 4.40. The molecule has 2 atom stereocenters. The molecule has 0 spiro atoms. The van der Waals surface area contributed by atoms with Crippen LogP contribution in [0.4, 0.5) is 0 Å². The molecule has 1 saturated heterocycles. The lowest BCUT2D eigenvalue weighted by molar-refractivity contribution is 0.00153. The van der Waals surface area contributed by atoms with Gasteiger partial charge >= 0.3 is 0 Å². The monoisotopic (exact) mass is 235 g/mol. The van der Waals surface area contributed by atoms with Crippen LogP contribution in [0.2, 0.25) is 0 Å². The molecular formula is C14H21NO2. The standard InChI is InChI=1S/C14H21NO2/c1-3-16-13-6-4-11(5-7-13)14-10-12(15-2)8-9-17-14/h4-7,12,14-15H,3,8-10H2,1-2H3. The summed E-state index contributed by atoms with van der Waals surface area (Å²) in [6.45, 7) is 3.54. The molecular weight excluding hydrogens is 214 g/mol. The number of rotatable bonds is 4. The summed E-state index contributed by atoms with van der Waals surface area (Å²) in [5.74, 6) is 0.928. The third-order valence-corrected chi connectivity index (χ3v) is 3.26. The molecule has 3 nitrogen and oxygen atoms in total. The molecule has 2 unspecified atom stereocenters. The van der Waals surface area contributed by atoms with Crippen LogP contribution in [0, 0.1) is 0 Å². The van der Waals surface area contributed by atoms with E-state index in [1.807, 2.05) is 26.1 Å². The van der Waals surface area contributed by atoms with Gasteiger partial charge in [-0.15, -0.1) is 0 Å². The van der Waals surface area contributed by atoms with Crippen molar-refractivity contribution in [2.45, 2.75) is 31.9 Å². The topological polar surface area (TPSA) is 30.5 Å². The van der Waals surface area contributed by atoms with E-state index < -0.39 is 0 Å². The van der Waals surface area contributed by atoms with Gasteiger partial charge in [0.25, 0.3) is 0 Å². The first-order valence-corrected chi connectivity index (χ1v) is 6.35. The van der Waals surface area contributed by atoms with Gasteiger partial charge < -0.3 is 14.8 Å². The molecule has 1 aromatic carbocycles. The molecule has 1 heterocycles. The first kappa shape index (κ1) is 12.4. The minimum atomic E-state index is 0.219. The largest absolute Gasteiger partial charge is 0.494 e. The second-order valence-corrected chi connectivity index (χ2v) is 4.37. The quantitative estimate of drug-likeness (QED) is 0.870. The second kappa shape index (κ2) is 6.03. The maximum atomic E-state index is 5.82. The lowest BCUT2D eigenvalue weighted by atomic mass is 9.97. The molecule has 0 aromatic heterocycles. The summed E-state index contributed by atoms with van der Waals surface area (Å²) < 4.78 is 11.3. The van der Waals surface area contributed by atoms with Gasteiger partial charge in [0.05, 0.1) is 12.7 Å². The van der Waals surface area contributed by atoms with Crippen molar-refractivity contribution in [3.63, 3.8) is 0 Å². The Morgan fingerprint density at radius 2 is 2.12 bits per heavy atom. The third kappa shape index (κ3) is 3.20. The first-order chi connectivity index (χ1) is 8.33. The third-order valence-electron chi connectivity index (χ3n) is 3.26. The fourth-order valence-corrected chi connectivity index (χ4v) is 2.24. The summed E-state index contributed by atoms with van der Waals surface area (Å²) >= 11 is 0. The van der Waals surface area contributed by atoms with Gasteiger partial charge in [0, 0.05) is 12.6 Å². The van der Waals surface area contributed by atoms with Crippen molar-refractivity contribution in [1.82, 2.24) is 5.32 Å². The summed E-state index contributed by atoms with van der Waals surface area (Å²) in [6.07, 6.45) is 2.37. The Bertz CT molecular complexity index is 337. The van der Waals surface area contributed by atoms with Crippen molar-refractivity contribution in [3.05, 3.63) is 29.8 Å². The Morgan fingerprint density at radius 1 is 1.35 bits per heavy atom. The fourth-order valence-electron chi connectivity index (χ4n) is 2.24. The van der Waals surface area contributed by atoms with Gasteiger partial charge in [0.1, 0.15) is 5.75 Å². The first-order valence-electron chi connectivity index (χ1n) is 6.35. The molecule has 0 aliphatic carbocycles. The van der Waals surface area contributed by atoms with Gasteiger partial charge in [-0.3, -0.25) is 0 Å². The van der Waals surface area contributed by atoms with Crippen LogP contribution in [0.25, 0.3) is 0 Å². The fraction of sp³-hybridized carbons (Fsp3) is 0.571. The molecule has 1 aliphatic rings. The van der Waals surface area contributed by atoms with Gasteiger partial charge in [-0.25, -0.2) is 0 Å². The smallest absolute Gasteiger partial charge is 0.119 e.